The number of benzene rings is 2. The van der Waals surface area contributed by atoms with Crippen molar-refractivity contribution in [2.24, 2.45) is 0 Å². The molecule has 0 bridgehead atoms. The normalized spacial score (nSPS) is 12.6. The Bertz CT molecular complexity index is 851. The van der Waals surface area contributed by atoms with Gasteiger partial charge in [0.25, 0.3) is 5.69 Å². The van der Waals surface area contributed by atoms with E-state index in [4.69, 9.17) is 9.05 Å². The first-order valence-corrected chi connectivity index (χ1v) is 10.1. The minimum atomic E-state index is -3.78. The van der Waals surface area contributed by atoms with Crippen molar-refractivity contribution in [3.05, 3.63) is 69.5 Å². The van der Waals surface area contributed by atoms with E-state index in [9.17, 15) is 19.1 Å². The third-order valence-electron chi connectivity index (χ3n) is 3.85. The molecule has 9 heteroatoms. The zero-order valence-corrected chi connectivity index (χ0v) is 16.2. The molecule has 27 heavy (non-hydrogen) atoms. The third kappa shape index (κ3) is 4.91. The number of hydrogen-bond acceptors (Lipinski definition) is 6. The van der Waals surface area contributed by atoms with Gasteiger partial charge in [-0.05, 0) is 38.5 Å². The van der Waals surface area contributed by atoms with Crippen LogP contribution in [0, 0.1) is 22.9 Å². The smallest absolute Gasteiger partial charge is 0.357 e. The molecule has 0 amide bonds. The van der Waals surface area contributed by atoms with Gasteiger partial charge in [-0.1, -0.05) is 18.2 Å². The van der Waals surface area contributed by atoms with Crippen molar-refractivity contribution in [1.29, 1.82) is 0 Å². The highest BCUT2D eigenvalue weighted by molar-refractivity contribution is 7.54. The van der Waals surface area contributed by atoms with E-state index in [1.807, 2.05) is 0 Å². The summed E-state index contributed by atoms with van der Waals surface area (Å²) in [5, 5.41) is 13.9. The number of nitro benzene ring substituents is 1. The Kier molecular flexibility index (Phi) is 7.07. The van der Waals surface area contributed by atoms with E-state index in [2.05, 4.69) is 5.32 Å². The number of anilines is 1. The molecule has 0 heterocycles. The van der Waals surface area contributed by atoms with Gasteiger partial charge in [-0.2, -0.15) is 0 Å². The van der Waals surface area contributed by atoms with Crippen molar-refractivity contribution in [3.63, 3.8) is 0 Å². The van der Waals surface area contributed by atoms with Gasteiger partial charge in [0.05, 0.1) is 18.1 Å². The Morgan fingerprint density at radius 2 is 1.81 bits per heavy atom. The number of nitrogens with one attached hydrogen (secondary N) is 1. The van der Waals surface area contributed by atoms with E-state index in [-0.39, 0.29) is 24.5 Å². The van der Waals surface area contributed by atoms with Crippen molar-refractivity contribution in [3.8, 4) is 0 Å². The van der Waals surface area contributed by atoms with E-state index in [1.165, 1.54) is 36.4 Å². The fourth-order valence-corrected chi connectivity index (χ4v) is 4.58. The van der Waals surface area contributed by atoms with E-state index in [1.54, 1.807) is 26.8 Å². The lowest BCUT2D eigenvalue weighted by molar-refractivity contribution is -0.384. The molecule has 2 aromatic carbocycles. The van der Waals surface area contributed by atoms with Crippen LogP contribution in [0.5, 0.6) is 0 Å². The molecule has 2 rings (SSSR count). The second kappa shape index (κ2) is 9.08. The van der Waals surface area contributed by atoms with Crippen molar-refractivity contribution in [1.82, 2.24) is 0 Å². The summed E-state index contributed by atoms with van der Waals surface area (Å²) in [5.41, 5.74) is 1.07. The molecule has 0 aliphatic heterocycles. The van der Waals surface area contributed by atoms with Crippen LogP contribution in [0.25, 0.3) is 0 Å². The van der Waals surface area contributed by atoms with Gasteiger partial charge in [-0.3, -0.25) is 14.7 Å². The van der Waals surface area contributed by atoms with Gasteiger partial charge in [-0.25, -0.2) is 4.39 Å². The van der Waals surface area contributed by atoms with Crippen molar-refractivity contribution >= 4 is 19.0 Å². The monoisotopic (exact) mass is 396 g/mol. The molecule has 0 saturated heterocycles. The van der Waals surface area contributed by atoms with Crippen LogP contribution in [0.3, 0.4) is 0 Å². The lowest BCUT2D eigenvalue weighted by Crippen LogP contribution is -2.17. The third-order valence-corrected chi connectivity index (χ3v) is 6.12. The Morgan fingerprint density at radius 1 is 1.19 bits per heavy atom. The van der Waals surface area contributed by atoms with Crippen LogP contribution in [0.15, 0.2) is 42.5 Å². The van der Waals surface area contributed by atoms with Gasteiger partial charge >= 0.3 is 7.60 Å². The Hall–Kier alpha value is -2.28. The van der Waals surface area contributed by atoms with Crippen molar-refractivity contribution < 1.29 is 22.9 Å². The van der Waals surface area contributed by atoms with Crippen LogP contribution in [0.4, 0.5) is 15.8 Å². The Balaban J connectivity index is 2.52. The maximum absolute atomic E-state index is 14.5. The van der Waals surface area contributed by atoms with Crippen molar-refractivity contribution in [2.75, 3.05) is 18.5 Å². The summed E-state index contributed by atoms with van der Waals surface area (Å²) >= 11 is 0. The zero-order chi connectivity index (χ0) is 20.0. The highest BCUT2D eigenvalue weighted by Gasteiger charge is 2.38. The molecular formula is C18H22FN2O5P. The SMILES string of the molecule is CCOP(=O)(OCC)C(Nc1ccc([N+](=O)[O-])cc1C)c1ccccc1F. The van der Waals surface area contributed by atoms with Crippen molar-refractivity contribution in [2.45, 2.75) is 26.6 Å². The van der Waals surface area contributed by atoms with Crippen LogP contribution < -0.4 is 5.32 Å². The molecule has 0 aromatic heterocycles. The summed E-state index contributed by atoms with van der Waals surface area (Å²) < 4.78 is 38.7. The number of nitro groups is 1. The minimum Gasteiger partial charge on any atom is -0.368 e. The number of non-ortho nitro benzene ring substituents is 1. The highest BCUT2D eigenvalue weighted by Crippen LogP contribution is 2.61. The zero-order valence-electron chi connectivity index (χ0n) is 15.3. The molecule has 7 nitrogen and oxygen atoms in total. The lowest BCUT2D eigenvalue weighted by atomic mass is 10.1. The van der Waals surface area contributed by atoms with E-state index in [0.717, 1.165) is 0 Å². The maximum Gasteiger partial charge on any atom is 0.357 e. The largest absolute Gasteiger partial charge is 0.368 e. The number of rotatable bonds is 9. The molecule has 0 aliphatic carbocycles. The van der Waals surface area contributed by atoms with E-state index >= 15 is 0 Å². The molecule has 1 unspecified atom stereocenters. The minimum absolute atomic E-state index is 0.0710. The molecular weight excluding hydrogens is 374 g/mol. The summed E-state index contributed by atoms with van der Waals surface area (Å²) in [6.07, 6.45) is 0. The average Bonchev–Trinajstić information content (AvgIpc) is 2.61. The van der Waals surface area contributed by atoms with Gasteiger partial charge in [0.15, 0.2) is 5.78 Å². The first kappa shape index (κ1) is 21.0. The van der Waals surface area contributed by atoms with Gasteiger partial charge in [0.1, 0.15) is 5.82 Å². The first-order chi connectivity index (χ1) is 12.8. The maximum atomic E-state index is 14.5. The summed E-state index contributed by atoms with van der Waals surface area (Å²) in [6.45, 7) is 5.23. The summed E-state index contributed by atoms with van der Waals surface area (Å²) in [7, 11) is -3.78. The highest BCUT2D eigenvalue weighted by atomic mass is 31.2. The Labute approximate surface area is 157 Å². The predicted octanol–water partition coefficient (Wildman–Crippen LogP) is 5.42. The fourth-order valence-electron chi connectivity index (χ4n) is 2.64. The number of halogens is 1. The molecule has 0 saturated carbocycles. The topological polar surface area (TPSA) is 90.7 Å². The molecule has 0 spiro atoms. The lowest BCUT2D eigenvalue weighted by Gasteiger charge is -2.29. The van der Waals surface area contributed by atoms with Crippen LogP contribution in [0.2, 0.25) is 0 Å². The van der Waals surface area contributed by atoms with Gasteiger partial charge in [-0.15, -0.1) is 0 Å². The first-order valence-electron chi connectivity index (χ1n) is 8.47. The van der Waals surface area contributed by atoms with E-state index in [0.29, 0.717) is 11.3 Å². The molecule has 0 fully saturated rings. The predicted molar refractivity (Wildman–Crippen MR) is 101 cm³/mol. The van der Waals surface area contributed by atoms with Crippen LogP contribution in [-0.2, 0) is 13.6 Å². The van der Waals surface area contributed by atoms with Gasteiger partial charge in [0.2, 0.25) is 0 Å². The van der Waals surface area contributed by atoms with Crippen LogP contribution in [0.1, 0.15) is 30.8 Å². The standard InChI is InChI=1S/C18H22FN2O5P/c1-4-25-27(24,26-5-2)18(15-8-6-7-9-16(15)19)20-17-11-10-14(21(22)23)12-13(17)3/h6-12,18,20H,4-5H2,1-3H3. The van der Waals surface area contributed by atoms with Gasteiger partial charge in [0, 0.05) is 23.4 Å². The van der Waals surface area contributed by atoms with E-state index < -0.39 is 24.1 Å². The number of aryl methyl sites for hydroxylation is 1. The second-order valence-corrected chi connectivity index (χ2v) is 7.81. The molecule has 1 N–H and O–H groups in total. The molecule has 2 aromatic rings. The summed E-state index contributed by atoms with van der Waals surface area (Å²) in [4.78, 5) is 10.4. The molecule has 1 atom stereocenters. The molecule has 146 valence electrons. The number of hydrogen-bond donors (Lipinski definition) is 1. The second-order valence-electron chi connectivity index (χ2n) is 5.70. The Morgan fingerprint density at radius 3 is 2.33 bits per heavy atom. The summed E-state index contributed by atoms with van der Waals surface area (Å²) in [6, 6.07) is 10.1. The quantitative estimate of drug-likeness (QED) is 0.346. The van der Waals surface area contributed by atoms with Crippen LogP contribution >= 0.6 is 7.60 Å². The average molecular weight is 396 g/mol. The fraction of sp³-hybridized carbons (Fsp3) is 0.333. The molecule has 0 aliphatic rings. The summed E-state index contributed by atoms with van der Waals surface area (Å²) in [5.74, 6) is -1.67. The van der Waals surface area contributed by atoms with Gasteiger partial charge < -0.3 is 14.4 Å². The molecule has 0 radical (unpaired) electrons. The number of nitrogens with zero attached hydrogens (tertiary/aromatic N) is 1. The van der Waals surface area contributed by atoms with Crippen LogP contribution in [-0.4, -0.2) is 18.1 Å².